The fraction of sp³-hybridized carbons (Fsp3) is 0.174. The summed E-state index contributed by atoms with van der Waals surface area (Å²) in [4.78, 5) is 10.9. The smallest absolute Gasteiger partial charge is 0.335 e. The molecule has 0 aliphatic rings. The molecule has 0 atom stereocenters. The first-order valence-electron chi connectivity index (χ1n) is 9.26. The Hall–Kier alpha value is -3.18. The summed E-state index contributed by atoms with van der Waals surface area (Å²) in [6, 6.07) is 20.1. The van der Waals surface area contributed by atoms with Crippen molar-refractivity contribution < 1.29 is 19.4 Å². The number of ether oxygens (including phenoxy) is 2. The Morgan fingerprint density at radius 1 is 1.00 bits per heavy atom. The van der Waals surface area contributed by atoms with Crippen LogP contribution >= 0.6 is 11.6 Å². The average Bonchev–Trinajstić information content (AvgIpc) is 2.74. The molecule has 150 valence electrons. The van der Waals surface area contributed by atoms with Crippen LogP contribution in [0.5, 0.6) is 11.5 Å². The summed E-state index contributed by atoms with van der Waals surface area (Å²) in [6.45, 7) is 3.30. The monoisotopic (exact) mass is 411 g/mol. The minimum atomic E-state index is -0.952. The summed E-state index contributed by atoms with van der Waals surface area (Å²) >= 11 is 6.46. The van der Waals surface area contributed by atoms with E-state index in [1.165, 1.54) is 0 Å². The van der Waals surface area contributed by atoms with Crippen molar-refractivity contribution in [2.75, 3.05) is 11.9 Å². The minimum Gasteiger partial charge on any atom is -0.490 e. The lowest BCUT2D eigenvalue weighted by molar-refractivity contribution is 0.0697. The third kappa shape index (κ3) is 5.65. The van der Waals surface area contributed by atoms with Gasteiger partial charge in [-0.3, -0.25) is 0 Å². The zero-order valence-electron chi connectivity index (χ0n) is 16.0. The number of benzene rings is 3. The first-order chi connectivity index (χ1) is 14.1. The number of aromatic carboxylic acids is 1. The molecule has 5 nitrogen and oxygen atoms in total. The van der Waals surface area contributed by atoms with Crippen LogP contribution in [0.1, 0.15) is 28.4 Å². The third-order valence-electron chi connectivity index (χ3n) is 4.26. The van der Waals surface area contributed by atoms with Crippen LogP contribution in [-0.2, 0) is 13.2 Å². The fourth-order valence-electron chi connectivity index (χ4n) is 2.76. The quantitative estimate of drug-likeness (QED) is 0.477. The molecule has 3 aromatic rings. The third-order valence-corrected chi connectivity index (χ3v) is 4.62. The van der Waals surface area contributed by atoms with Crippen molar-refractivity contribution in [1.82, 2.24) is 0 Å². The van der Waals surface area contributed by atoms with Crippen molar-refractivity contribution in [3.8, 4) is 11.5 Å². The Labute approximate surface area is 174 Å². The summed E-state index contributed by atoms with van der Waals surface area (Å²) < 4.78 is 11.7. The molecule has 0 saturated carbocycles. The molecule has 0 aliphatic carbocycles. The lowest BCUT2D eigenvalue weighted by Gasteiger charge is -2.16. The second kappa shape index (κ2) is 9.85. The molecule has 0 radical (unpaired) electrons. The molecule has 0 heterocycles. The van der Waals surface area contributed by atoms with Crippen molar-refractivity contribution in [3.05, 3.63) is 88.4 Å². The van der Waals surface area contributed by atoms with E-state index in [1.54, 1.807) is 30.3 Å². The summed E-state index contributed by atoms with van der Waals surface area (Å²) in [5, 5.41) is 12.8. The van der Waals surface area contributed by atoms with Crippen LogP contribution in [0.2, 0.25) is 5.02 Å². The number of rotatable bonds is 9. The highest BCUT2D eigenvalue weighted by molar-refractivity contribution is 6.31. The first kappa shape index (κ1) is 20.6. The number of anilines is 1. The Bertz CT molecular complexity index is 959. The van der Waals surface area contributed by atoms with E-state index in [2.05, 4.69) is 5.32 Å². The number of hydrogen-bond donors (Lipinski definition) is 2. The van der Waals surface area contributed by atoms with E-state index in [-0.39, 0.29) is 5.56 Å². The van der Waals surface area contributed by atoms with Crippen LogP contribution < -0.4 is 14.8 Å². The topological polar surface area (TPSA) is 67.8 Å². The molecule has 0 aliphatic heterocycles. The molecule has 0 bridgehead atoms. The van der Waals surface area contributed by atoms with Gasteiger partial charge in [0.25, 0.3) is 0 Å². The Morgan fingerprint density at radius 2 is 1.69 bits per heavy atom. The molecule has 0 aromatic heterocycles. The predicted molar refractivity (Wildman–Crippen MR) is 114 cm³/mol. The van der Waals surface area contributed by atoms with Gasteiger partial charge in [0.05, 0.1) is 12.2 Å². The van der Waals surface area contributed by atoms with E-state index in [0.717, 1.165) is 16.8 Å². The number of hydrogen-bond acceptors (Lipinski definition) is 4. The van der Waals surface area contributed by atoms with Crippen LogP contribution in [0.15, 0.2) is 66.7 Å². The van der Waals surface area contributed by atoms with Crippen molar-refractivity contribution in [2.45, 2.75) is 20.1 Å². The van der Waals surface area contributed by atoms with Gasteiger partial charge in [0.2, 0.25) is 0 Å². The van der Waals surface area contributed by atoms with Crippen molar-refractivity contribution in [2.24, 2.45) is 0 Å². The second-order valence-corrected chi connectivity index (χ2v) is 6.74. The predicted octanol–water partition coefficient (Wildman–Crippen LogP) is 5.63. The summed E-state index contributed by atoms with van der Waals surface area (Å²) in [7, 11) is 0. The number of nitrogens with one attached hydrogen (secondary N) is 1. The van der Waals surface area contributed by atoms with Crippen molar-refractivity contribution in [1.29, 1.82) is 0 Å². The molecule has 0 unspecified atom stereocenters. The molecule has 2 N–H and O–H groups in total. The van der Waals surface area contributed by atoms with Crippen molar-refractivity contribution in [3.63, 3.8) is 0 Å². The van der Waals surface area contributed by atoms with Crippen molar-refractivity contribution >= 4 is 23.3 Å². The molecule has 0 saturated heterocycles. The Morgan fingerprint density at radius 3 is 2.34 bits per heavy atom. The Balaban J connectivity index is 1.71. The maximum Gasteiger partial charge on any atom is 0.335 e. The SMILES string of the molecule is CCOc1cc(CNc2ccc(C(=O)O)cc2)c(Cl)cc1OCc1ccccc1. The maximum absolute atomic E-state index is 10.9. The molecule has 3 rings (SSSR count). The fourth-order valence-corrected chi connectivity index (χ4v) is 2.98. The van der Waals surface area contributed by atoms with Crippen LogP contribution in [0.25, 0.3) is 0 Å². The maximum atomic E-state index is 10.9. The zero-order chi connectivity index (χ0) is 20.6. The number of carboxylic acid groups (broad SMARTS) is 1. The van der Waals surface area contributed by atoms with Gasteiger partial charge in [0.1, 0.15) is 6.61 Å². The molecule has 6 heteroatoms. The summed E-state index contributed by atoms with van der Waals surface area (Å²) in [6.07, 6.45) is 0. The zero-order valence-corrected chi connectivity index (χ0v) is 16.8. The van der Waals surface area contributed by atoms with E-state index in [1.807, 2.05) is 43.3 Å². The lowest BCUT2D eigenvalue weighted by atomic mass is 10.1. The molecule has 0 fully saturated rings. The summed E-state index contributed by atoms with van der Waals surface area (Å²) in [5.41, 5.74) is 2.95. The van der Waals surface area contributed by atoms with E-state index < -0.39 is 5.97 Å². The van der Waals surface area contributed by atoms with Crippen LogP contribution in [0, 0.1) is 0 Å². The number of halogens is 1. The number of carboxylic acids is 1. The van der Waals surface area contributed by atoms with Gasteiger partial charge in [-0.1, -0.05) is 41.9 Å². The van der Waals surface area contributed by atoms with Crippen LogP contribution in [0.4, 0.5) is 5.69 Å². The van der Waals surface area contributed by atoms with Gasteiger partial charge in [-0.25, -0.2) is 4.79 Å². The van der Waals surface area contributed by atoms with Gasteiger partial charge in [-0.15, -0.1) is 0 Å². The number of carbonyl (C=O) groups is 1. The lowest BCUT2D eigenvalue weighted by Crippen LogP contribution is -2.04. The van der Waals surface area contributed by atoms with Gasteiger partial charge in [-0.05, 0) is 48.4 Å². The van der Waals surface area contributed by atoms with Crippen LogP contribution in [-0.4, -0.2) is 17.7 Å². The van der Waals surface area contributed by atoms with Gasteiger partial charge in [0, 0.05) is 23.3 Å². The molecule has 0 spiro atoms. The molecular formula is C23H22ClNO4. The minimum absolute atomic E-state index is 0.243. The van der Waals surface area contributed by atoms with Gasteiger partial charge < -0.3 is 19.9 Å². The van der Waals surface area contributed by atoms with Gasteiger partial charge >= 0.3 is 5.97 Å². The van der Waals surface area contributed by atoms with Gasteiger partial charge in [-0.2, -0.15) is 0 Å². The molecular weight excluding hydrogens is 390 g/mol. The van der Waals surface area contributed by atoms with E-state index in [9.17, 15) is 4.79 Å². The summed E-state index contributed by atoms with van der Waals surface area (Å²) in [5.74, 6) is 0.271. The first-order valence-corrected chi connectivity index (χ1v) is 9.63. The highest BCUT2D eigenvalue weighted by Crippen LogP contribution is 2.34. The highest BCUT2D eigenvalue weighted by Gasteiger charge is 2.12. The molecule has 3 aromatic carbocycles. The Kier molecular flexibility index (Phi) is 6.98. The average molecular weight is 412 g/mol. The highest BCUT2D eigenvalue weighted by atomic mass is 35.5. The molecule has 29 heavy (non-hydrogen) atoms. The van der Waals surface area contributed by atoms with E-state index >= 15 is 0 Å². The van der Waals surface area contributed by atoms with Crippen LogP contribution in [0.3, 0.4) is 0 Å². The standard InChI is InChI=1S/C23H22ClNO4/c1-2-28-21-12-18(14-25-19-10-8-17(9-11-19)23(26)27)20(24)13-22(21)29-15-16-6-4-3-5-7-16/h3-13,25H,2,14-15H2,1H3,(H,26,27). The van der Waals surface area contributed by atoms with Gasteiger partial charge in [0.15, 0.2) is 11.5 Å². The van der Waals surface area contributed by atoms with E-state index in [4.69, 9.17) is 26.2 Å². The normalized spacial score (nSPS) is 10.4. The molecule has 0 amide bonds. The second-order valence-electron chi connectivity index (χ2n) is 6.33. The largest absolute Gasteiger partial charge is 0.490 e. The van der Waals surface area contributed by atoms with E-state index in [0.29, 0.717) is 36.3 Å².